The van der Waals surface area contributed by atoms with E-state index in [4.69, 9.17) is 5.73 Å². The molecular weight excluding hydrogens is 231 g/mol. The van der Waals surface area contributed by atoms with Crippen LogP contribution in [0.4, 0.5) is 13.2 Å². The van der Waals surface area contributed by atoms with Gasteiger partial charge >= 0.3 is 6.18 Å². The fraction of sp³-hybridized carbons (Fsp3) is 0.417. The number of halogens is 3. The van der Waals surface area contributed by atoms with Crippen molar-refractivity contribution >= 4 is 5.78 Å². The lowest BCUT2D eigenvalue weighted by atomic mass is 9.85. The van der Waals surface area contributed by atoms with Gasteiger partial charge in [0, 0.05) is 6.42 Å². The number of carbonyl (C=O) groups excluding carboxylic acids is 1. The Labute approximate surface area is 97.6 Å². The first-order valence-electron chi connectivity index (χ1n) is 5.09. The number of aryl methyl sites for hydroxylation is 1. The molecule has 0 aliphatic heterocycles. The summed E-state index contributed by atoms with van der Waals surface area (Å²) in [4.78, 5) is 11.0. The maximum Gasteiger partial charge on any atom is 0.411 e. The van der Waals surface area contributed by atoms with Crippen molar-refractivity contribution in [1.82, 2.24) is 0 Å². The first-order chi connectivity index (χ1) is 7.67. The van der Waals surface area contributed by atoms with Gasteiger partial charge in [-0.25, -0.2) is 0 Å². The van der Waals surface area contributed by atoms with Gasteiger partial charge < -0.3 is 5.73 Å². The van der Waals surface area contributed by atoms with Crippen LogP contribution in [-0.4, -0.2) is 12.0 Å². The lowest BCUT2D eigenvalue weighted by Crippen LogP contribution is -2.51. The average Bonchev–Trinajstić information content (AvgIpc) is 2.14. The summed E-state index contributed by atoms with van der Waals surface area (Å²) in [5, 5.41) is 0. The minimum Gasteiger partial charge on any atom is -0.314 e. The molecule has 0 aliphatic rings. The molecular formula is C12H14F3NO. The molecule has 1 aromatic rings. The Bertz CT molecular complexity index is 428. The second kappa shape index (κ2) is 4.49. The second-order valence-corrected chi connectivity index (χ2v) is 4.22. The van der Waals surface area contributed by atoms with Crippen molar-refractivity contribution in [3.05, 3.63) is 35.4 Å². The third-order valence-electron chi connectivity index (χ3n) is 2.57. The van der Waals surface area contributed by atoms with E-state index < -0.39 is 23.9 Å². The van der Waals surface area contributed by atoms with Gasteiger partial charge in [0.25, 0.3) is 0 Å². The predicted molar refractivity (Wildman–Crippen MR) is 58.4 cm³/mol. The first kappa shape index (κ1) is 13.7. The highest BCUT2D eigenvalue weighted by Gasteiger charge is 2.53. The molecule has 0 spiro atoms. The fourth-order valence-corrected chi connectivity index (χ4v) is 1.68. The normalized spacial score (nSPS) is 15.4. The van der Waals surface area contributed by atoms with Crippen LogP contribution in [0.1, 0.15) is 24.5 Å². The Morgan fingerprint density at radius 1 is 1.35 bits per heavy atom. The van der Waals surface area contributed by atoms with Crippen LogP contribution in [0.2, 0.25) is 0 Å². The van der Waals surface area contributed by atoms with Crippen LogP contribution in [0.25, 0.3) is 0 Å². The number of carbonyl (C=O) groups is 1. The lowest BCUT2D eigenvalue weighted by Gasteiger charge is -2.31. The summed E-state index contributed by atoms with van der Waals surface area (Å²) in [7, 11) is 0. The molecule has 2 nitrogen and oxygen atoms in total. The number of Topliss-reactive ketones (excluding diaryl/α,β-unsaturated/α-hetero) is 1. The molecule has 5 heteroatoms. The van der Waals surface area contributed by atoms with Crippen LogP contribution >= 0.6 is 0 Å². The number of ketones is 1. The van der Waals surface area contributed by atoms with Crippen molar-refractivity contribution in [1.29, 1.82) is 0 Å². The van der Waals surface area contributed by atoms with Crippen LogP contribution in [0.15, 0.2) is 24.3 Å². The van der Waals surface area contributed by atoms with Crippen molar-refractivity contribution in [2.24, 2.45) is 5.73 Å². The van der Waals surface area contributed by atoms with E-state index in [-0.39, 0.29) is 5.56 Å². The van der Waals surface area contributed by atoms with Gasteiger partial charge in [-0.3, -0.25) is 4.79 Å². The Hall–Kier alpha value is -1.36. The minimum absolute atomic E-state index is 0.0831. The molecule has 17 heavy (non-hydrogen) atoms. The third-order valence-corrected chi connectivity index (χ3v) is 2.57. The average molecular weight is 245 g/mol. The van der Waals surface area contributed by atoms with E-state index in [0.29, 0.717) is 5.56 Å². The van der Waals surface area contributed by atoms with E-state index in [1.807, 2.05) is 0 Å². The van der Waals surface area contributed by atoms with Crippen molar-refractivity contribution in [3.63, 3.8) is 0 Å². The highest BCUT2D eigenvalue weighted by molar-refractivity contribution is 5.77. The molecule has 2 N–H and O–H groups in total. The fourth-order valence-electron chi connectivity index (χ4n) is 1.68. The quantitative estimate of drug-likeness (QED) is 0.889. The van der Waals surface area contributed by atoms with Crippen molar-refractivity contribution in [2.75, 3.05) is 0 Å². The number of hydrogen-bond donors (Lipinski definition) is 1. The van der Waals surface area contributed by atoms with Crippen molar-refractivity contribution in [2.45, 2.75) is 32.0 Å². The van der Waals surface area contributed by atoms with E-state index in [0.717, 1.165) is 6.92 Å². The summed E-state index contributed by atoms with van der Waals surface area (Å²) in [6.07, 6.45) is -5.41. The van der Waals surface area contributed by atoms with Crippen molar-refractivity contribution < 1.29 is 18.0 Å². The van der Waals surface area contributed by atoms with Gasteiger partial charge in [0.2, 0.25) is 0 Å². The Morgan fingerprint density at radius 3 is 2.35 bits per heavy atom. The zero-order chi connectivity index (χ0) is 13.3. The molecule has 0 radical (unpaired) electrons. The maximum atomic E-state index is 13.0. The molecule has 0 bridgehead atoms. The SMILES string of the molecule is CC(=O)C[C@](N)(c1cccc(C)c1)C(F)(F)F. The van der Waals surface area contributed by atoms with Gasteiger partial charge in [-0.1, -0.05) is 29.8 Å². The second-order valence-electron chi connectivity index (χ2n) is 4.22. The van der Waals surface area contributed by atoms with E-state index in [1.165, 1.54) is 18.2 Å². The molecule has 0 fully saturated rings. The van der Waals surface area contributed by atoms with E-state index in [2.05, 4.69) is 0 Å². The van der Waals surface area contributed by atoms with Gasteiger partial charge in [0.15, 0.2) is 0 Å². The minimum atomic E-state index is -4.66. The first-order valence-corrected chi connectivity index (χ1v) is 5.09. The molecule has 0 aliphatic carbocycles. The summed E-state index contributed by atoms with van der Waals surface area (Å²) in [6.45, 7) is 2.78. The van der Waals surface area contributed by atoms with Gasteiger partial charge in [0.05, 0.1) is 0 Å². The molecule has 0 saturated carbocycles. The number of hydrogen-bond acceptors (Lipinski definition) is 2. The topological polar surface area (TPSA) is 43.1 Å². The van der Waals surface area contributed by atoms with Crippen LogP contribution in [0.3, 0.4) is 0 Å². The number of nitrogens with two attached hydrogens (primary N) is 1. The van der Waals surface area contributed by atoms with E-state index >= 15 is 0 Å². The lowest BCUT2D eigenvalue weighted by molar-refractivity contribution is -0.192. The summed E-state index contributed by atoms with van der Waals surface area (Å²) < 4.78 is 39.0. The summed E-state index contributed by atoms with van der Waals surface area (Å²) in [6, 6.07) is 5.83. The highest BCUT2D eigenvalue weighted by atomic mass is 19.4. The van der Waals surface area contributed by atoms with Gasteiger partial charge in [-0.15, -0.1) is 0 Å². The Kier molecular flexibility index (Phi) is 3.62. The standard InChI is InChI=1S/C12H14F3NO/c1-8-4-3-5-10(6-8)11(16,7-9(2)17)12(13,14)15/h3-6H,7,16H2,1-2H3/t11-/m0/s1. The van der Waals surface area contributed by atoms with Crippen LogP contribution < -0.4 is 5.73 Å². The summed E-state index contributed by atoms with van der Waals surface area (Å²) >= 11 is 0. The molecule has 0 aromatic heterocycles. The molecule has 0 saturated heterocycles. The van der Waals surface area contributed by atoms with Crippen LogP contribution in [-0.2, 0) is 10.3 Å². The van der Waals surface area contributed by atoms with Crippen LogP contribution in [0.5, 0.6) is 0 Å². The summed E-state index contributed by atoms with van der Waals surface area (Å²) in [5.74, 6) is -0.591. The molecule has 1 atom stereocenters. The molecule has 1 rings (SSSR count). The highest BCUT2D eigenvalue weighted by Crippen LogP contribution is 2.39. The number of benzene rings is 1. The largest absolute Gasteiger partial charge is 0.411 e. The molecule has 0 heterocycles. The third kappa shape index (κ3) is 2.85. The molecule has 94 valence electrons. The summed E-state index contributed by atoms with van der Waals surface area (Å²) in [5.41, 5.74) is 3.40. The Balaban J connectivity index is 3.29. The van der Waals surface area contributed by atoms with Gasteiger partial charge in [-0.2, -0.15) is 13.2 Å². The molecule has 1 aromatic carbocycles. The van der Waals surface area contributed by atoms with E-state index in [1.54, 1.807) is 13.0 Å². The monoisotopic (exact) mass is 245 g/mol. The zero-order valence-corrected chi connectivity index (χ0v) is 9.64. The van der Waals surface area contributed by atoms with Gasteiger partial charge in [0.1, 0.15) is 11.3 Å². The number of rotatable bonds is 3. The van der Waals surface area contributed by atoms with E-state index in [9.17, 15) is 18.0 Å². The van der Waals surface area contributed by atoms with Crippen molar-refractivity contribution in [3.8, 4) is 0 Å². The maximum absolute atomic E-state index is 13.0. The predicted octanol–water partition coefficient (Wildman–Crippen LogP) is 2.69. The number of alkyl halides is 3. The zero-order valence-electron chi connectivity index (χ0n) is 9.64. The smallest absolute Gasteiger partial charge is 0.314 e. The van der Waals surface area contributed by atoms with Crippen LogP contribution in [0, 0.1) is 6.92 Å². The molecule has 0 amide bonds. The Morgan fingerprint density at radius 2 is 1.94 bits per heavy atom. The van der Waals surface area contributed by atoms with Gasteiger partial charge in [-0.05, 0) is 19.4 Å². The molecule has 0 unspecified atom stereocenters.